The summed E-state index contributed by atoms with van der Waals surface area (Å²) in [5.41, 5.74) is 1.05. The summed E-state index contributed by atoms with van der Waals surface area (Å²) in [6.07, 6.45) is 2.42. The van der Waals surface area contributed by atoms with Gasteiger partial charge in [0.2, 0.25) is 5.91 Å². The van der Waals surface area contributed by atoms with E-state index in [1.807, 2.05) is 24.4 Å². The molecule has 4 rings (SSSR count). The first-order valence-electron chi connectivity index (χ1n) is 9.78. The molecule has 9 heteroatoms. The molecule has 0 saturated carbocycles. The van der Waals surface area contributed by atoms with Gasteiger partial charge in [0.15, 0.2) is 0 Å². The second-order valence-electron chi connectivity index (χ2n) is 7.07. The molecule has 0 radical (unpaired) electrons. The zero-order valence-corrected chi connectivity index (χ0v) is 16.5. The summed E-state index contributed by atoms with van der Waals surface area (Å²) < 4.78 is 39.6. The molecule has 0 saturated heterocycles. The molecule has 0 unspecified atom stereocenters. The van der Waals surface area contributed by atoms with Crippen molar-refractivity contribution in [2.75, 3.05) is 29.9 Å². The Morgan fingerprint density at radius 1 is 1.16 bits per heavy atom. The van der Waals surface area contributed by atoms with Gasteiger partial charge in [-0.25, -0.2) is 4.98 Å². The minimum absolute atomic E-state index is 0.193. The fourth-order valence-electron chi connectivity index (χ4n) is 3.38. The van der Waals surface area contributed by atoms with Crippen LogP contribution in [0.25, 0.3) is 17.0 Å². The first-order valence-corrected chi connectivity index (χ1v) is 9.78. The van der Waals surface area contributed by atoms with E-state index in [9.17, 15) is 18.0 Å². The Hall–Kier alpha value is -3.62. The molecule has 1 aliphatic heterocycles. The largest absolute Gasteiger partial charge is 0.433 e. The van der Waals surface area contributed by atoms with Crippen LogP contribution in [0.1, 0.15) is 17.7 Å². The predicted octanol–water partition coefficient (Wildman–Crippen LogP) is 4.51. The Balaban J connectivity index is 1.56. The van der Waals surface area contributed by atoms with E-state index in [4.69, 9.17) is 0 Å². The number of hydrogen-bond donors (Lipinski definition) is 2. The summed E-state index contributed by atoms with van der Waals surface area (Å²) in [6.45, 7) is 1.43. The fourth-order valence-corrected chi connectivity index (χ4v) is 3.38. The summed E-state index contributed by atoms with van der Waals surface area (Å²) in [6, 6.07) is 9.62. The maximum atomic E-state index is 13.2. The third kappa shape index (κ3) is 4.93. The number of hydrogen-bond acceptors (Lipinski definition) is 4. The van der Waals surface area contributed by atoms with Crippen LogP contribution in [0.4, 0.5) is 24.7 Å². The lowest BCUT2D eigenvalue weighted by Gasteiger charge is -2.24. The SMILES string of the molecule is O=C(/C=C/c1ccc(C(F)(F)F)nc1N1CCC=NCC1)Nc1ccc2[nH]ccc2c1. The van der Waals surface area contributed by atoms with Gasteiger partial charge in [0.1, 0.15) is 11.5 Å². The Kier molecular flexibility index (Phi) is 5.75. The van der Waals surface area contributed by atoms with Crippen molar-refractivity contribution in [3.8, 4) is 0 Å². The molecule has 1 aliphatic rings. The monoisotopic (exact) mass is 427 g/mol. The van der Waals surface area contributed by atoms with E-state index in [1.54, 1.807) is 17.2 Å². The molecule has 1 amide bonds. The second kappa shape index (κ2) is 8.63. The molecule has 31 heavy (non-hydrogen) atoms. The van der Waals surface area contributed by atoms with Crippen molar-refractivity contribution in [3.63, 3.8) is 0 Å². The van der Waals surface area contributed by atoms with Gasteiger partial charge in [0.25, 0.3) is 0 Å². The molecule has 2 aromatic heterocycles. The summed E-state index contributed by atoms with van der Waals surface area (Å²) >= 11 is 0. The van der Waals surface area contributed by atoms with E-state index in [0.29, 0.717) is 37.3 Å². The number of anilines is 2. The lowest BCUT2D eigenvalue weighted by Crippen LogP contribution is -2.28. The Morgan fingerprint density at radius 2 is 2.03 bits per heavy atom. The number of pyridine rings is 1. The molecule has 3 aromatic rings. The van der Waals surface area contributed by atoms with Crippen LogP contribution in [0.2, 0.25) is 0 Å². The van der Waals surface area contributed by atoms with Gasteiger partial charge < -0.3 is 15.2 Å². The van der Waals surface area contributed by atoms with Crippen molar-refractivity contribution in [3.05, 3.63) is 59.9 Å². The number of aromatic nitrogens is 2. The molecule has 6 nitrogen and oxygen atoms in total. The Labute approximate surface area is 176 Å². The van der Waals surface area contributed by atoms with Gasteiger partial charge in [-0.2, -0.15) is 13.2 Å². The van der Waals surface area contributed by atoms with Crippen LogP contribution in [0.15, 0.2) is 53.7 Å². The molecule has 0 bridgehead atoms. The quantitative estimate of drug-likeness (QED) is 0.602. The van der Waals surface area contributed by atoms with Gasteiger partial charge in [-0.1, -0.05) is 0 Å². The second-order valence-corrected chi connectivity index (χ2v) is 7.07. The Morgan fingerprint density at radius 3 is 2.87 bits per heavy atom. The average molecular weight is 427 g/mol. The van der Waals surface area contributed by atoms with Crippen molar-refractivity contribution in [2.45, 2.75) is 12.6 Å². The molecule has 1 aromatic carbocycles. The van der Waals surface area contributed by atoms with Gasteiger partial charge in [-0.15, -0.1) is 0 Å². The number of H-pyrrole nitrogens is 1. The van der Waals surface area contributed by atoms with Crippen LogP contribution in [0.5, 0.6) is 0 Å². The summed E-state index contributed by atoms with van der Waals surface area (Å²) in [4.78, 5) is 25.3. The zero-order valence-electron chi connectivity index (χ0n) is 16.5. The number of rotatable bonds is 4. The standard InChI is InChI=1S/C22H20F3N5O/c23-22(24,25)19-6-2-15(21(29-19)30-12-1-9-26-11-13-30)3-7-20(31)28-17-4-5-18-16(14-17)8-10-27-18/h2-10,14,27H,1,11-13H2,(H,28,31)/b7-3+. The minimum Gasteiger partial charge on any atom is -0.361 e. The van der Waals surface area contributed by atoms with Crippen LogP contribution >= 0.6 is 0 Å². The highest BCUT2D eigenvalue weighted by atomic mass is 19.4. The topological polar surface area (TPSA) is 73.4 Å². The van der Waals surface area contributed by atoms with Crippen LogP contribution in [-0.2, 0) is 11.0 Å². The lowest BCUT2D eigenvalue weighted by molar-refractivity contribution is -0.141. The number of aliphatic imine (C=N–C) groups is 1. The molecule has 0 atom stereocenters. The summed E-state index contributed by atoms with van der Waals surface area (Å²) in [5.74, 6) is -0.196. The molecular formula is C22H20F3N5O. The lowest BCUT2D eigenvalue weighted by atomic mass is 10.2. The molecule has 160 valence electrons. The van der Waals surface area contributed by atoms with E-state index >= 15 is 0 Å². The van der Waals surface area contributed by atoms with Crippen LogP contribution in [0.3, 0.4) is 0 Å². The number of benzene rings is 1. The molecule has 3 heterocycles. The number of fused-ring (bicyclic) bond motifs is 1. The number of halogens is 3. The molecule has 0 aliphatic carbocycles. The first kappa shape index (κ1) is 20.6. The smallest absolute Gasteiger partial charge is 0.361 e. The van der Waals surface area contributed by atoms with Gasteiger partial charge in [0, 0.05) is 53.7 Å². The molecule has 0 spiro atoms. The van der Waals surface area contributed by atoms with Crippen LogP contribution < -0.4 is 10.2 Å². The van der Waals surface area contributed by atoms with E-state index in [1.165, 1.54) is 18.2 Å². The van der Waals surface area contributed by atoms with E-state index in [-0.39, 0.29) is 11.7 Å². The van der Waals surface area contributed by atoms with Crippen molar-refractivity contribution in [1.29, 1.82) is 0 Å². The fraction of sp³-hybridized carbons (Fsp3) is 0.227. The summed E-state index contributed by atoms with van der Waals surface area (Å²) in [5, 5.41) is 3.72. The van der Waals surface area contributed by atoms with E-state index in [0.717, 1.165) is 17.0 Å². The molecular weight excluding hydrogens is 407 g/mol. The average Bonchev–Trinajstić information content (AvgIpc) is 3.03. The maximum Gasteiger partial charge on any atom is 0.433 e. The van der Waals surface area contributed by atoms with Gasteiger partial charge in [0.05, 0.1) is 6.54 Å². The number of carbonyl (C=O) groups is 1. The number of amides is 1. The maximum absolute atomic E-state index is 13.2. The minimum atomic E-state index is -4.55. The van der Waals surface area contributed by atoms with Gasteiger partial charge in [-0.05, 0) is 48.9 Å². The highest BCUT2D eigenvalue weighted by Crippen LogP contribution is 2.31. The van der Waals surface area contributed by atoms with Crippen molar-refractivity contribution < 1.29 is 18.0 Å². The third-order valence-corrected chi connectivity index (χ3v) is 4.89. The van der Waals surface area contributed by atoms with Gasteiger partial charge >= 0.3 is 6.18 Å². The first-order chi connectivity index (χ1) is 14.9. The predicted molar refractivity (Wildman–Crippen MR) is 115 cm³/mol. The molecule has 0 fully saturated rings. The number of aromatic amines is 1. The van der Waals surface area contributed by atoms with Crippen LogP contribution in [-0.4, -0.2) is 41.7 Å². The summed E-state index contributed by atoms with van der Waals surface area (Å²) in [7, 11) is 0. The number of alkyl halides is 3. The highest BCUT2D eigenvalue weighted by Gasteiger charge is 2.33. The van der Waals surface area contributed by atoms with Crippen molar-refractivity contribution in [2.24, 2.45) is 4.99 Å². The Bertz CT molecular complexity index is 1140. The third-order valence-electron chi connectivity index (χ3n) is 4.89. The van der Waals surface area contributed by atoms with Gasteiger partial charge in [-0.3, -0.25) is 9.79 Å². The van der Waals surface area contributed by atoms with E-state index in [2.05, 4.69) is 20.3 Å². The number of nitrogens with zero attached hydrogens (tertiary/aromatic N) is 3. The number of carbonyl (C=O) groups excluding carboxylic acids is 1. The van der Waals surface area contributed by atoms with E-state index < -0.39 is 11.9 Å². The number of nitrogens with one attached hydrogen (secondary N) is 2. The molecule has 2 N–H and O–H groups in total. The van der Waals surface area contributed by atoms with Crippen LogP contribution in [0, 0.1) is 0 Å². The zero-order chi connectivity index (χ0) is 21.8. The van der Waals surface area contributed by atoms with Crippen molar-refractivity contribution in [1.82, 2.24) is 9.97 Å². The van der Waals surface area contributed by atoms with Crippen molar-refractivity contribution >= 4 is 40.6 Å². The normalized spacial score (nSPS) is 14.9. The highest BCUT2D eigenvalue weighted by molar-refractivity contribution is 6.03.